The van der Waals surface area contributed by atoms with Gasteiger partial charge in [-0.3, -0.25) is 14.4 Å². The Balaban J connectivity index is 1.33. The molecule has 2 aliphatic heterocycles. The predicted molar refractivity (Wildman–Crippen MR) is 104 cm³/mol. The Bertz CT molecular complexity index is 646. The maximum atomic E-state index is 12.6. The normalized spacial score (nSPS) is 26.3. The molecule has 0 radical (unpaired) electrons. The van der Waals surface area contributed by atoms with Crippen molar-refractivity contribution in [3.8, 4) is 0 Å². The molecule has 3 aliphatic rings. The first-order chi connectivity index (χ1) is 13.1. The number of hydrogen-bond donors (Lipinski definition) is 1. The number of carbonyl (C=O) groups is 1. The van der Waals surface area contributed by atoms with E-state index in [1.54, 1.807) is 0 Å². The van der Waals surface area contributed by atoms with Gasteiger partial charge in [-0.05, 0) is 57.5 Å². The van der Waals surface area contributed by atoms with E-state index in [9.17, 15) is 9.90 Å². The molecule has 1 aromatic rings. The van der Waals surface area contributed by atoms with Gasteiger partial charge in [0.05, 0.1) is 6.20 Å². The fourth-order valence-corrected chi connectivity index (χ4v) is 5.21. The minimum absolute atomic E-state index is 0.206. The minimum atomic E-state index is 0.206. The van der Waals surface area contributed by atoms with Crippen molar-refractivity contribution in [3.05, 3.63) is 18.0 Å². The first kappa shape index (κ1) is 18.9. The third-order valence-corrected chi connectivity index (χ3v) is 7.44. The standard InChI is InChI=1S/C21H34N4O2/c1-2-25-14-17(12-22-25)13-23-9-6-21(7-10-23)8-11-24(15-19(21)16-26)20(27)18-4-3-5-18/h12,14,18-19,26H,2-11,13,15-16H2,1H3/t19-/m1/s1. The summed E-state index contributed by atoms with van der Waals surface area (Å²) in [6.45, 7) is 7.98. The molecule has 4 rings (SSSR count). The highest BCUT2D eigenvalue weighted by molar-refractivity contribution is 5.79. The molecular formula is C21H34N4O2. The van der Waals surface area contributed by atoms with E-state index >= 15 is 0 Å². The number of aryl methyl sites for hydroxylation is 1. The lowest BCUT2D eigenvalue weighted by molar-refractivity contribution is -0.145. The summed E-state index contributed by atoms with van der Waals surface area (Å²) in [5.41, 5.74) is 1.50. The van der Waals surface area contributed by atoms with Gasteiger partial charge < -0.3 is 10.0 Å². The van der Waals surface area contributed by atoms with Crippen LogP contribution in [0.15, 0.2) is 12.4 Å². The van der Waals surface area contributed by atoms with E-state index in [-0.39, 0.29) is 23.9 Å². The number of aliphatic hydroxyl groups is 1. The van der Waals surface area contributed by atoms with Crippen molar-refractivity contribution in [3.63, 3.8) is 0 Å². The van der Waals surface area contributed by atoms with Crippen LogP contribution in [0.5, 0.6) is 0 Å². The van der Waals surface area contributed by atoms with E-state index in [0.717, 1.165) is 71.4 Å². The van der Waals surface area contributed by atoms with Gasteiger partial charge in [0.2, 0.25) is 5.91 Å². The van der Waals surface area contributed by atoms with Gasteiger partial charge in [-0.1, -0.05) is 6.42 Å². The monoisotopic (exact) mass is 374 g/mol. The summed E-state index contributed by atoms with van der Waals surface area (Å²) in [6.07, 6.45) is 10.8. The summed E-state index contributed by atoms with van der Waals surface area (Å²) >= 11 is 0. The van der Waals surface area contributed by atoms with Crippen molar-refractivity contribution >= 4 is 5.91 Å². The summed E-state index contributed by atoms with van der Waals surface area (Å²) in [6, 6.07) is 0. The molecule has 6 heteroatoms. The Labute approximate surface area is 162 Å². The van der Waals surface area contributed by atoms with Crippen LogP contribution in [0.4, 0.5) is 0 Å². The van der Waals surface area contributed by atoms with Crippen molar-refractivity contribution in [1.82, 2.24) is 19.6 Å². The SMILES string of the molecule is CCn1cc(CN2CCC3(CC2)CCN(C(=O)C2CCC2)C[C@@H]3CO)cn1. The first-order valence-electron chi connectivity index (χ1n) is 10.8. The number of likely N-dealkylation sites (tertiary alicyclic amines) is 2. The topological polar surface area (TPSA) is 61.6 Å². The number of hydrogen-bond acceptors (Lipinski definition) is 4. The molecule has 1 aliphatic carbocycles. The van der Waals surface area contributed by atoms with E-state index in [0.29, 0.717) is 5.91 Å². The minimum Gasteiger partial charge on any atom is -0.396 e. The summed E-state index contributed by atoms with van der Waals surface area (Å²) in [5.74, 6) is 0.851. The molecule has 0 bridgehead atoms. The highest BCUT2D eigenvalue weighted by Crippen LogP contribution is 2.46. The Morgan fingerprint density at radius 3 is 2.59 bits per heavy atom. The van der Waals surface area contributed by atoms with Crippen LogP contribution in [-0.2, 0) is 17.9 Å². The van der Waals surface area contributed by atoms with Crippen LogP contribution in [0.25, 0.3) is 0 Å². The third-order valence-electron chi connectivity index (χ3n) is 7.44. The van der Waals surface area contributed by atoms with Crippen molar-refractivity contribution in [1.29, 1.82) is 0 Å². The lowest BCUT2D eigenvalue weighted by Gasteiger charge is -2.52. The Morgan fingerprint density at radius 2 is 2.00 bits per heavy atom. The zero-order valence-electron chi connectivity index (χ0n) is 16.6. The fourth-order valence-electron chi connectivity index (χ4n) is 5.21. The number of piperidine rings is 2. The average molecular weight is 375 g/mol. The summed E-state index contributed by atoms with van der Waals surface area (Å²) in [7, 11) is 0. The van der Waals surface area contributed by atoms with Gasteiger partial charge in [-0.2, -0.15) is 5.10 Å². The third kappa shape index (κ3) is 3.79. The molecule has 1 amide bonds. The quantitative estimate of drug-likeness (QED) is 0.858. The number of carbonyl (C=O) groups excluding carboxylic acids is 1. The molecule has 3 fully saturated rings. The Morgan fingerprint density at radius 1 is 1.26 bits per heavy atom. The molecule has 3 heterocycles. The highest BCUT2D eigenvalue weighted by atomic mass is 16.3. The Hall–Kier alpha value is -1.40. The maximum Gasteiger partial charge on any atom is 0.225 e. The maximum absolute atomic E-state index is 12.6. The second-order valence-electron chi connectivity index (χ2n) is 8.88. The number of amides is 1. The zero-order chi connectivity index (χ0) is 18.9. The van der Waals surface area contributed by atoms with Crippen molar-refractivity contribution in [2.45, 2.75) is 58.5 Å². The summed E-state index contributed by atoms with van der Waals surface area (Å²) < 4.78 is 1.98. The molecule has 0 unspecified atom stereocenters. The van der Waals surface area contributed by atoms with Gasteiger partial charge in [0.25, 0.3) is 0 Å². The molecule has 1 N–H and O–H groups in total. The lowest BCUT2D eigenvalue weighted by Crippen LogP contribution is -2.55. The van der Waals surface area contributed by atoms with Crippen LogP contribution in [0.3, 0.4) is 0 Å². The van der Waals surface area contributed by atoms with Crippen LogP contribution >= 0.6 is 0 Å². The van der Waals surface area contributed by atoms with Crippen LogP contribution in [-0.4, -0.2) is 63.4 Å². The summed E-state index contributed by atoms with van der Waals surface area (Å²) in [5, 5.41) is 14.5. The first-order valence-corrected chi connectivity index (χ1v) is 10.8. The van der Waals surface area contributed by atoms with E-state index < -0.39 is 0 Å². The molecule has 1 spiro atoms. The van der Waals surface area contributed by atoms with E-state index in [2.05, 4.69) is 28.0 Å². The molecule has 1 aromatic heterocycles. The van der Waals surface area contributed by atoms with E-state index in [4.69, 9.17) is 0 Å². The number of aliphatic hydroxyl groups excluding tert-OH is 1. The van der Waals surface area contributed by atoms with Gasteiger partial charge in [0.15, 0.2) is 0 Å². The van der Waals surface area contributed by atoms with Gasteiger partial charge in [-0.15, -0.1) is 0 Å². The van der Waals surface area contributed by atoms with Gasteiger partial charge >= 0.3 is 0 Å². The zero-order valence-corrected chi connectivity index (χ0v) is 16.6. The van der Waals surface area contributed by atoms with Crippen molar-refractivity contribution in [2.75, 3.05) is 32.8 Å². The lowest BCUT2D eigenvalue weighted by atomic mass is 9.64. The molecule has 27 heavy (non-hydrogen) atoms. The second-order valence-corrected chi connectivity index (χ2v) is 8.88. The largest absolute Gasteiger partial charge is 0.396 e. The van der Waals surface area contributed by atoms with Gasteiger partial charge in [0.1, 0.15) is 0 Å². The highest BCUT2D eigenvalue weighted by Gasteiger charge is 2.46. The van der Waals surface area contributed by atoms with Crippen LogP contribution < -0.4 is 0 Å². The number of aromatic nitrogens is 2. The smallest absolute Gasteiger partial charge is 0.225 e. The number of rotatable bonds is 5. The molecule has 1 atom stereocenters. The average Bonchev–Trinajstić information content (AvgIpc) is 3.10. The fraction of sp³-hybridized carbons (Fsp3) is 0.810. The van der Waals surface area contributed by atoms with Gasteiger partial charge in [-0.25, -0.2) is 0 Å². The Kier molecular flexibility index (Phi) is 5.55. The molecular weight excluding hydrogens is 340 g/mol. The molecule has 6 nitrogen and oxygen atoms in total. The van der Waals surface area contributed by atoms with E-state index in [1.807, 2.05) is 10.9 Å². The second kappa shape index (κ2) is 7.92. The molecule has 150 valence electrons. The van der Waals surface area contributed by atoms with E-state index in [1.165, 1.54) is 12.0 Å². The number of nitrogens with zero attached hydrogens (tertiary/aromatic N) is 4. The summed E-state index contributed by atoms with van der Waals surface area (Å²) in [4.78, 5) is 17.2. The van der Waals surface area contributed by atoms with Crippen molar-refractivity contribution < 1.29 is 9.90 Å². The molecule has 0 aromatic carbocycles. The van der Waals surface area contributed by atoms with Crippen LogP contribution in [0, 0.1) is 17.3 Å². The van der Waals surface area contributed by atoms with Crippen molar-refractivity contribution in [2.24, 2.45) is 17.3 Å². The molecule has 1 saturated carbocycles. The van der Waals surface area contributed by atoms with Crippen LogP contribution in [0.1, 0.15) is 51.0 Å². The predicted octanol–water partition coefficient (Wildman–Crippen LogP) is 2.13. The van der Waals surface area contributed by atoms with Gasteiger partial charge in [0, 0.05) is 56.4 Å². The molecule has 2 saturated heterocycles. The van der Waals surface area contributed by atoms with Crippen LogP contribution in [0.2, 0.25) is 0 Å².